The van der Waals surface area contributed by atoms with E-state index in [2.05, 4.69) is 15.2 Å². The molecule has 138 valence electrons. The van der Waals surface area contributed by atoms with Gasteiger partial charge in [0, 0.05) is 48.1 Å². The van der Waals surface area contributed by atoms with E-state index in [1.165, 1.54) is 0 Å². The number of aromatic nitrogens is 2. The monoisotopic (exact) mass is 362 g/mol. The Morgan fingerprint density at radius 3 is 2.78 bits per heavy atom. The minimum absolute atomic E-state index is 0.0243. The fourth-order valence-electron chi connectivity index (χ4n) is 3.46. The summed E-state index contributed by atoms with van der Waals surface area (Å²) in [5.74, 6) is 1.37. The Morgan fingerprint density at radius 1 is 1.15 bits per heavy atom. The van der Waals surface area contributed by atoms with E-state index in [4.69, 9.17) is 9.72 Å². The zero-order chi connectivity index (χ0) is 19.0. The molecular weight excluding hydrogens is 340 g/mol. The van der Waals surface area contributed by atoms with E-state index in [0.717, 1.165) is 34.3 Å². The van der Waals surface area contributed by atoms with Gasteiger partial charge in [-0.2, -0.15) is 0 Å². The van der Waals surface area contributed by atoms with Crippen LogP contribution in [0.2, 0.25) is 0 Å². The SMILES string of the molecule is CCOc1ccc2c3c(c(NCCN(C)C)nc2c1)C(=O)c1cnccc1-3. The summed E-state index contributed by atoms with van der Waals surface area (Å²) in [6, 6.07) is 7.74. The summed E-state index contributed by atoms with van der Waals surface area (Å²) in [4.78, 5) is 24.1. The van der Waals surface area contributed by atoms with Crippen molar-refractivity contribution in [2.45, 2.75) is 6.92 Å². The smallest absolute Gasteiger partial charge is 0.199 e. The Bertz CT molecular complexity index is 1030. The Kier molecular flexibility index (Phi) is 4.49. The molecule has 1 aliphatic rings. The first-order valence-electron chi connectivity index (χ1n) is 9.08. The molecule has 4 rings (SSSR count). The van der Waals surface area contributed by atoms with Gasteiger partial charge in [0.2, 0.25) is 0 Å². The summed E-state index contributed by atoms with van der Waals surface area (Å²) in [7, 11) is 4.03. The number of fused-ring (bicyclic) bond motifs is 5. The van der Waals surface area contributed by atoms with Gasteiger partial charge in [0.25, 0.3) is 0 Å². The first-order valence-corrected chi connectivity index (χ1v) is 9.08. The molecule has 27 heavy (non-hydrogen) atoms. The van der Waals surface area contributed by atoms with E-state index in [-0.39, 0.29) is 5.78 Å². The van der Waals surface area contributed by atoms with Crippen LogP contribution in [0.4, 0.5) is 5.82 Å². The molecule has 3 aromatic rings. The van der Waals surface area contributed by atoms with Crippen molar-refractivity contribution < 1.29 is 9.53 Å². The third kappa shape index (κ3) is 3.02. The van der Waals surface area contributed by atoms with Crippen molar-refractivity contribution in [1.82, 2.24) is 14.9 Å². The van der Waals surface area contributed by atoms with Crippen LogP contribution in [0.15, 0.2) is 36.7 Å². The van der Waals surface area contributed by atoms with Crippen LogP contribution < -0.4 is 10.1 Å². The number of ketones is 1. The van der Waals surface area contributed by atoms with Gasteiger partial charge in [-0.15, -0.1) is 0 Å². The van der Waals surface area contributed by atoms with Gasteiger partial charge < -0.3 is 15.0 Å². The first kappa shape index (κ1) is 17.4. The molecule has 1 aromatic carbocycles. The van der Waals surface area contributed by atoms with Crippen molar-refractivity contribution >= 4 is 22.5 Å². The number of likely N-dealkylation sites (N-methyl/N-ethyl adjacent to an activating group) is 1. The average molecular weight is 362 g/mol. The van der Waals surface area contributed by atoms with Crippen LogP contribution in [0.25, 0.3) is 22.0 Å². The van der Waals surface area contributed by atoms with Crippen LogP contribution in [0.1, 0.15) is 22.8 Å². The molecule has 1 aliphatic carbocycles. The molecular formula is C21H22N4O2. The molecule has 0 unspecified atom stereocenters. The molecule has 2 aromatic heterocycles. The summed E-state index contributed by atoms with van der Waals surface area (Å²) in [6.07, 6.45) is 3.36. The maximum Gasteiger partial charge on any atom is 0.199 e. The molecule has 0 radical (unpaired) electrons. The number of nitrogens with one attached hydrogen (secondary N) is 1. The summed E-state index contributed by atoms with van der Waals surface area (Å²) >= 11 is 0. The minimum atomic E-state index is -0.0243. The van der Waals surface area contributed by atoms with Gasteiger partial charge in [0.1, 0.15) is 11.6 Å². The standard InChI is InChI=1S/C21H22N4O2/c1-4-27-13-5-6-15-17(11-13)24-21(23-9-10-25(2)3)19-18(15)14-7-8-22-12-16(14)20(19)26/h5-8,11-12H,4,9-10H2,1-3H3,(H,23,24). The number of carbonyl (C=O) groups is 1. The highest BCUT2D eigenvalue weighted by Gasteiger charge is 2.32. The van der Waals surface area contributed by atoms with E-state index in [1.54, 1.807) is 12.4 Å². The molecule has 6 nitrogen and oxygen atoms in total. The van der Waals surface area contributed by atoms with Crippen LogP contribution in [0.5, 0.6) is 5.75 Å². The Balaban J connectivity index is 1.91. The van der Waals surface area contributed by atoms with E-state index >= 15 is 0 Å². The first-order chi connectivity index (χ1) is 13.1. The van der Waals surface area contributed by atoms with Gasteiger partial charge in [-0.3, -0.25) is 9.78 Å². The predicted octanol–water partition coefficient (Wildman–Crippen LogP) is 3.21. The fourth-order valence-corrected chi connectivity index (χ4v) is 3.46. The molecule has 2 heterocycles. The number of pyridine rings is 2. The molecule has 0 saturated heterocycles. The van der Waals surface area contributed by atoms with Gasteiger partial charge in [-0.05, 0) is 44.8 Å². The highest BCUT2D eigenvalue weighted by molar-refractivity contribution is 6.27. The van der Waals surface area contributed by atoms with Gasteiger partial charge in [0.15, 0.2) is 5.78 Å². The number of carbonyl (C=O) groups excluding carboxylic acids is 1. The predicted molar refractivity (Wildman–Crippen MR) is 107 cm³/mol. The highest BCUT2D eigenvalue weighted by Crippen LogP contribution is 2.43. The molecule has 0 aliphatic heterocycles. The average Bonchev–Trinajstić information content (AvgIpc) is 2.95. The Hall–Kier alpha value is -2.99. The summed E-state index contributed by atoms with van der Waals surface area (Å²) < 4.78 is 5.63. The normalized spacial score (nSPS) is 12.4. The zero-order valence-electron chi connectivity index (χ0n) is 15.7. The molecule has 0 saturated carbocycles. The lowest BCUT2D eigenvalue weighted by atomic mass is 10.0. The van der Waals surface area contributed by atoms with Gasteiger partial charge in [-0.25, -0.2) is 4.98 Å². The van der Waals surface area contributed by atoms with Crippen LogP contribution in [0, 0.1) is 0 Å². The van der Waals surface area contributed by atoms with E-state index in [1.807, 2.05) is 45.3 Å². The van der Waals surface area contributed by atoms with Gasteiger partial charge in [0.05, 0.1) is 17.7 Å². The van der Waals surface area contributed by atoms with Crippen LogP contribution >= 0.6 is 0 Å². The number of anilines is 1. The van der Waals surface area contributed by atoms with Crippen LogP contribution in [-0.4, -0.2) is 54.4 Å². The van der Waals surface area contributed by atoms with Crippen molar-refractivity contribution in [1.29, 1.82) is 0 Å². The topological polar surface area (TPSA) is 67.3 Å². The highest BCUT2D eigenvalue weighted by atomic mass is 16.5. The lowest BCUT2D eigenvalue weighted by Crippen LogP contribution is -2.22. The molecule has 6 heteroatoms. The largest absolute Gasteiger partial charge is 0.494 e. The van der Waals surface area contributed by atoms with E-state index in [0.29, 0.717) is 30.1 Å². The Labute approximate surface area is 158 Å². The van der Waals surface area contributed by atoms with Crippen molar-refractivity contribution in [2.24, 2.45) is 0 Å². The van der Waals surface area contributed by atoms with Crippen molar-refractivity contribution in [3.05, 3.63) is 47.8 Å². The maximum absolute atomic E-state index is 13.1. The van der Waals surface area contributed by atoms with E-state index in [9.17, 15) is 4.79 Å². The quantitative estimate of drug-likeness (QED) is 0.568. The van der Waals surface area contributed by atoms with Crippen molar-refractivity contribution in [3.63, 3.8) is 0 Å². The van der Waals surface area contributed by atoms with Crippen molar-refractivity contribution in [2.75, 3.05) is 39.1 Å². The van der Waals surface area contributed by atoms with Crippen molar-refractivity contribution in [3.8, 4) is 16.9 Å². The molecule has 0 spiro atoms. The number of nitrogens with zero attached hydrogens (tertiary/aromatic N) is 3. The summed E-state index contributed by atoms with van der Waals surface area (Å²) in [5, 5.41) is 4.30. The minimum Gasteiger partial charge on any atom is -0.494 e. The second kappa shape index (κ2) is 6.96. The fraction of sp³-hybridized carbons (Fsp3) is 0.286. The van der Waals surface area contributed by atoms with Crippen LogP contribution in [0.3, 0.4) is 0 Å². The lowest BCUT2D eigenvalue weighted by molar-refractivity contribution is 0.104. The van der Waals surface area contributed by atoms with Gasteiger partial charge >= 0.3 is 0 Å². The Morgan fingerprint density at radius 2 is 2.00 bits per heavy atom. The number of rotatable bonds is 6. The molecule has 0 atom stereocenters. The number of hydrogen-bond donors (Lipinski definition) is 1. The molecule has 0 amide bonds. The summed E-state index contributed by atoms with van der Waals surface area (Å²) in [5.41, 5.74) is 3.92. The third-order valence-corrected chi connectivity index (χ3v) is 4.68. The number of hydrogen-bond acceptors (Lipinski definition) is 6. The second-order valence-electron chi connectivity index (χ2n) is 6.80. The number of ether oxygens (including phenoxy) is 1. The lowest BCUT2D eigenvalue weighted by Gasteiger charge is -2.15. The second-order valence-corrected chi connectivity index (χ2v) is 6.80. The third-order valence-electron chi connectivity index (χ3n) is 4.68. The molecule has 0 bridgehead atoms. The molecule has 0 fully saturated rings. The van der Waals surface area contributed by atoms with Crippen LogP contribution in [-0.2, 0) is 0 Å². The van der Waals surface area contributed by atoms with E-state index < -0.39 is 0 Å². The summed E-state index contributed by atoms with van der Waals surface area (Å²) in [6.45, 7) is 4.09. The van der Waals surface area contributed by atoms with Gasteiger partial charge in [-0.1, -0.05) is 0 Å². The zero-order valence-corrected chi connectivity index (χ0v) is 15.7. The number of benzene rings is 1. The maximum atomic E-state index is 13.1. The molecule has 1 N–H and O–H groups in total.